The number of rotatable bonds is 7. The van der Waals surface area contributed by atoms with Crippen molar-refractivity contribution in [3.8, 4) is 0 Å². The smallest absolute Gasteiger partial charge is 0.250 e. The maximum Gasteiger partial charge on any atom is 0.250 e. The van der Waals surface area contributed by atoms with Crippen LogP contribution >= 0.6 is 0 Å². The molecule has 1 atom stereocenters. The van der Waals surface area contributed by atoms with Gasteiger partial charge in [0, 0.05) is 12.6 Å². The molecule has 0 aliphatic heterocycles. The quantitative estimate of drug-likeness (QED) is 0.740. The molecular formula is C12H15F4NO. The first-order valence-electron chi connectivity index (χ1n) is 5.59. The summed E-state index contributed by atoms with van der Waals surface area (Å²) in [6, 6.07) is 3.13. The second kappa shape index (κ2) is 7.33. The molecule has 0 spiro atoms. The summed E-state index contributed by atoms with van der Waals surface area (Å²) in [7, 11) is 0. The Kier molecular flexibility index (Phi) is 6.07. The van der Waals surface area contributed by atoms with Crippen molar-refractivity contribution in [3.63, 3.8) is 0 Å². The Morgan fingerprint density at radius 2 is 1.67 bits per heavy atom. The highest BCUT2D eigenvalue weighted by Gasteiger charge is 2.08. The molecule has 0 saturated heterocycles. The highest BCUT2D eigenvalue weighted by Crippen LogP contribution is 2.10. The van der Waals surface area contributed by atoms with Gasteiger partial charge in [0.05, 0.1) is 12.6 Å². The number of alkyl halides is 2. The van der Waals surface area contributed by atoms with E-state index in [1.165, 1.54) is 12.1 Å². The minimum atomic E-state index is -2.46. The van der Waals surface area contributed by atoms with Crippen LogP contribution in [0.2, 0.25) is 0 Å². The molecule has 0 bridgehead atoms. The molecule has 0 aromatic heterocycles. The van der Waals surface area contributed by atoms with Gasteiger partial charge in [-0.3, -0.25) is 0 Å². The minimum absolute atomic E-state index is 0.0299. The fourth-order valence-electron chi connectivity index (χ4n) is 1.55. The predicted molar refractivity (Wildman–Crippen MR) is 59.6 cm³/mol. The van der Waals surface area contributed by atoms with E-state index in [-0.39, 0.29) is 19.4 Å². The molecule has 0 aliphatic rings. The largest absolute Gasteiger partial charge is 0.392 e. The molecule has 18 heavy (non-hydrogen) atoms. The Hall–Kier alpha value is -1.14. The number of aryl methyl sites for hydroxylation is 1. The Morgan fingerprint density at radius 1 is 1.06 bits per heavy atom. The highest BCUT2D eigenvalue weighted by atomic mass is 19.3. The van der Waals surface area contributed by atoms with E-state index >= 15 is 0 Å². The summed E-state index contributed by atoms with van der Waals surface area (Å²) in [6.07, 6.45) is -2.75. The molecule has 2 nitrogen and oxygen atoms in total. The zero-order chi connectivity index (χ0) is 13.5. The van der Waals surface area contributed by atoms with E-state index in [2.05, 4.69) is 5.32 Å². The van der Waals surface area contributed by atoms with Gasteiger partial charge >= 0.3 is 0 Å². The summed E-state index contributed by atoms with van der Waals surface area (Å²) in [5.41, 5.74) is 0.431. The fraction of sp³-hybridized carbons (Fsp3) is 0.500. The molecule has 1 aromatic carbocycles. The van der Waals surface area contributed by atoms with Crippen LogP contribution in [0, 0.1) is 11.6 Å². The maximum atomic E-state index is 12.8. The number of hydrogen-bond donors (Lipinski definition) is 2. The Balaban J connectivity index is 2.31. The van der Waals surface area contributed by atoms with E-state index in [1.807, 2.05) is 0 Å². The van der Waals surface area contributed by atoms with Crippen molar-refractivity contribution in [2.24, 2.45) is 0 Å². The van der Waals surface area contributed by atoms with Crippen LogP contribution in [-0.2, 0) is 6.42 Å². The molecule has 0 heterocycles. The van der Waals surface area contributed by atoms with E-state index in [9.17, 15) is 22.7 Å². The molecule has 1 unspecified atom stereocenters. The molecular weight excluding hydrogens is 250 g/mol. The molecule has 0 fully saturated rings. The van der Waals surface area contributed by atoms with E-state index in [1.54, 1.807) is 0 Å². The Morgan fingerprint density at radius 3 is 2.22 bits per heavy atom. The first-order chi connectivity index (χ1) is 8.47. The third-order valence-corrected chi connectivity index (χ3v) is 2.37. The SMILES string of the molecule is OC(CCc1cc(F)cc(F)c1)CNCC(F)F. The second-order valence-corrected chi connectivity index (χ2v) is 4.02. The van der Waals surface area contributed by atoms with Crippen molar-refractivity contribution in [2.75, 3.05) is 13.1 Å². The third-order valence-electron chi connectivity index (χ3n) is 2.37. The molecule has 2 N–H and O–H groups in total. The number of aliphatic hydroxyl groups is 1. The molecule has 6 heteroatoms. The lowest BCUT2D eigenvalue weighted by Crippen LogP contribution is -2.30. The number of hydrogen-bond acceptors (Lipinski definition) is 2. The average molecular weight is 265 g/mol. The fourth-order valence-corrected chi connectivity index (χ4v) is 1.55. The molecule has 0 radical (unpaired) electrons. The predicted octanol–water partition coefficient (Wildman–Crippen LogP) is 2.11. The number of halogens is 4. The molecule has 0 amide bonds. The lowest BCUT2D eigenvalue weighted by atomic mass is 10.1. The first-order valence-corrected chi connectivity index (χ1v) is 5.59. The van der Waals surface area contributed by atoms with Crippen LogP contribution in [-0.4, -0.2) is 30.7 Å². The molecule has 0 saturated carbocycles. The summed E-state index contributed by atoms with van der Waals surface area (Å²) in [6.45, 7) is -0.451. The number of benzene rings is 1. The average Bonchev–Trinajstić information content (AvgIpc) is 2.24. The maximum absolute atomic E-state index is 12.8. The van der Waals surface area contributed by atoms with Crippen LogP contribution in [0.25, 0.3) is 0 Å². The van der Waals surface area contributed by atoms with Gasteiger partial charge in [-0.2, -0.15) is 0 Å². The summed E-state index contributed by atoms with van der Waals surface area (Å²) in [5, 5.41) is 11.9. The standard InChI is InChI=1S/C12H15F4NO/c13-9-3-8(4-10(14)5-9)1-2-11(18)6-17-7-12(15)16/h3-5,11-12,17-18H,1-2,6-7H2. The van der Waals surface area contributed by atoms with Crippen molar-refractivity contribution in [1.82, 2.24) is 5.32 Å². The van der Waals surface area contributed by atoms with Gasteiger partial charge in [-0.25, -0.2) is 17.6 Å². The third kappa shape index (κ3) is 5.97. The van der Waals surface area contributed by atoms with Crippen LogP contribution in [0.1, 0.15) is 12.0 Å². The van der Waals surface area contributed by atoms with Crippen LogP contribution in [0.5, 0.6) is 0 Å². The van der Waals surface area contributed by atoms with Crippen molar-refractivity contribution in [3.05, 3.63) is 35.4 Å². The van der Waals surface area contributed by atoms with Crippen LogP contribution < -0.4 is 5.32 Å². The Bertz CT molecular complexity index is 353. The topological polar surface area (TPSA) is 32.3 Å². The van der Waals surface area contributed by atoms with Crippen molar-refractivity contribution < 1.29 is 22.7 Å². The van der Waals surface area contributed by atoms with E-state index < -0.39 is 30.7 Å². The van der Waals surface area contributed by atoms with E-state index in [4.69, 9.17) is 0 Å². The van der Waals surface area contributed by atoms with E-state index in [0.29, 0.717) is 5.56 Å². The summed E-state index contributed by atoms with van der Waals surface area (Å²) in [4.78, 5) is 0. The van der Waals surface area contributed by atoms with Gasteiger partial charge < -0.3 is 10.4 Å². The van der Waals surface area contributed by atoms with Gasteiger partial charge in [-0.1, -0.05) is 0 Å². The minimum Gasteiger partial charge on any atom is -0.392 e. The molecule has 102 valence electrons. The lowest BCUT2D eigenvalue weighted by molar-refractivity contribution is 0.125. The van der Waals surface area contributed by atoms with Crippen molar-refractivity contribution >= 4 is 0 Å². The van der Waals surface area contributed by atoms with Gasteiger partial charge in [0.1, 0.15) is 11.6 Å². The zero-order valence-corrected chi connectivity index (χ0v) is 9.67. The van der Waals surface area contributed by atoms with Gasteiger partial charge in [0.2, 0.25) is 0 Å². The van der Waals surface area contributed by atoms with Crippen molar-refractivity contribution in [1.29, 1.82) is 0 Å². The summed E-state index contributed by atoms with van der Waals surface area (Å²) in [5.74, 6) is -1.34. The van der Waals surface area contributed by atoms with Crippen LogP contribution in [0.4, 0.5) is 17.6 Å². The normalized spacial score (nSPS) is 13.0. The summed E-state index contributed by atoms with van der Waals surface area (Å²) >= 11 is 0. The summed E-state index contributed by atoms with van der Waals surface area (Å²) < 4.78 is 49.3. The molecule has 1 rings (SSSR count). The first kappa shape index (κ1) is 14.9. The zero-order valence-electron chi connectivity index (χ0n) is 9.67. The van der Waals surface area contributed by atoms with Crippen LogP contribution in [0.3, 0.4) is 0 Å². The lowest BCUT2D eigenvalue weighted by Gasteiger charge is -2.11. The highest BCUT2D eigenvalue weighted by molar-refractivity contribution is 5.18. The Labute approximate surface area is 103 Å². The van der Waals surface area contributed by atoms with Gasteiger partial charge in [0.25, 0.3) is 6.43 Å². The number of aliphatic hydroxyl groups excluding tert-OH is 1. The number of nitrogens with one attached hydrogen (secondary N) is 1. The van der Waals surface area contributed by atoms with Gasteiger partial charge in [0.15, 0.2) is 0 Å². The second-order valence-electron chi connectivity index (χ2n) is 4.02. The van der Waals surface area contributed by atoms with Gasteiger partial charge in [-0.05, 0) is 30.5 Å². The van der Waals surface area contributed by atoms with Crippen LogP contribution in [0.15, 0.2) is 18.2 Å². The monoisotopic (exact) mass is 265 g/mol. The molecule has 1 aromatic rings. The van der Waals surface area contributed by atoms with Gasteiger partial charge in [-0.15, -0.1) is 0 Å². The van der Waals surface area contributed by atoms with Crippen molar-refractivity contribution in [2.45, 2.75) is 25.4 Å². The molecule has 0 aliphatic carbocycles. The van der Waals surface area contributed by atoms with E-state index in [0.717, 1.165) is 6.07 Å².